The minimum Gasteiger partial charge on any atom is -0.459 e. The summed E-state index contributed by atoms with van der Waals surface area (Å²) in [5.74, 6) is -1.35. The molecule has 160 valence electrons. The normalized spacial score (nSPS) is 14.6. The summed E-state index contributed by atoms with van der Waals surface area (Å²) in [5.41, 5.74) is 2.10. The minimum atomic E-state index is -1.80. The van der Waals surface area contributed by atoms with Crippen LogP contribution in [0.5, 0.6) is 5.75 Å². The number of hydrogen-bond acceptors (Lipinski definition) is 5. The molecule has 0 saturated carbocycles. The third-order valence-electron chi connectivity index (χ3n) is 4.35. The molecule has 0 saturated heterocycles. The number of aryl methyl sites for hydroxylation is 1. The van der Waals surface area contributed by atoms with Gasteiger partial charge in [-0.1, -0.05) is 12.1 Å². The van der Waals surface area contributed by atoms with Gasteiger partial charge in [0.1, 0.15) is 12.3 Å². The number of anilines is 2. The number of halogens is 1. The van der Waals surface area contributed by atoms with Crippen LogP contribution >= 0.6 is 0 Å². The predicted octanol–water partition coefficient (Wildman–Crippen LogP) is 3.33. The Balaban J connectivity index is 1.78. The molecule has 1 aromatic carbocycles. The lowest BCUT2D eigenvalue weighted by Crippen LogP contribution is -2.49. The summed E-state index contributed by atoms with van der Waals surface area (Å²) < 4.78 is 24.1. The molecule has 1 unspecified atom stereocenters. The number of benzene rings is 1. The maximum atomic E-state index is 13.7. The van der Waals surface area contributed by atoms with Crippen LogP contribution in [0.3, 0.4) is 0 Å². The van der Waals surface area contributed by atoms with Crippen LogP contribution in [0.25, 0.3) is 0 Å². The number of rotatable bonds is 6. The summed E-state index contributed by atoms with van der Waals surface area (Å²) in [7, 11) is 1.52. The number of urea groups is 1. The molecule has 0 bridgehead atoms. The highest BCUT2D eigenvalue weighted by atomic mass is 19.2. The molecule has 3 amide bonds. The lowest BCUT2D eigenvalue weighted by molar-refractivity contribution is -0.115. The maximum absolute atomic E-state index is 13.7. The summed E-state index contributed by atoms with van der Waals surface area (Å²) >= 11 is 0. The van der Waals surface area contributed by atoms with E-state index in [0.29, 0.717) is 17.3 Å². The van der Waals surface area contributed by atoms with E-state index >= 15 is 0 Å². The largest absolute Gasteiger partial charge is 0.459 e. The summed E-state index contributed by atoms with van der Waals surface area (Å²) in [5, 5.41) is 5.60. The Morgan fingerprint density at radius 1 is 1.37 bits per heavy atom. The monoisotopic (exact) mass is 416 g/mol. The fraction of sp³-hybridized carbons (Fsp3) is 0.381. The SMILES string of the molecule is COCC(NC(=O)N1CC(=O)Nc2cc(C)cnc21)c1ccc(OC(C)(C)F)cc1. The third-order valence-corrected chi connectivity index (χ3v) is 4.35. The molecule has 2 heterocycles. The molecule has 1 aliphatic rings. The zero-order valence-electron chi connectivity index (χ0n) is 17.4. The Labute approximate surface area is 174 Å². The van der Waals surface area contributed by atoms with Crippen LogP contribution in [-0.4, -0.2) is 43.0 Å². The van der Waals surface area contributed by atoms with Crippen molar-refractivity contribution in [2.45, 2.75) is 32.7 Å². The van der Waals surface area contributed by atoms with Crippen molar-refractivity contribution in [1.82, 2.24) is 10.3 Å². The van der Waals surface area contributed by atoms with Gasteiger partial charge in [-0.2, -0.15) is 4.39 Å². The molecular weight excluding hydrogens is 391 g/mol. The maximum Gasteiger partial charge on any atom is 0.324 e. The topological polar surface area (TPSA) is 92.8 Å². The van der Waals surface area contributed by atoms with Crippen molar-refractivity contribution >= 4 is 23.4 Å². The Bertz CT molecular complexity index is 928. The number of alkyl halides is 1. The quantitative estimate of drug-likeness (QED) is 0.754. The smallest absolute Gasteiger partial charge is 0.324 e. The number of pyridine rings is 1. The number of carbonyl (C=O) groups excluding carboxylic acids is 2. The molecule has 3 rings (SSSR count). The van der Waals surface area contributed by atoms with Crippen LogP contribution in [0.1, 0.15) is 31.0 Å². The second kappa shape index (κ2) is 8.66. The molecule has 8 nitrogen and oxygen atoms in total. The number of nitrogens with one attached hydrogen (secondary N) is 2. The summed E-state index contributed by atoms with van der Waals surface area (Å²) in [6, 6.07) is 7.49. The van der Waals surface area contributed by atoms with Crippen molar-refractivity contribution in [1.29, 1.82) is 0 Å². The molecule has 2 aromatic rings. The van der Waals surface area contributed by atoms with E-state index < -0.39 is 17.9 Å². The molecule has 0 aliphatic carbocycles. The second-order valence-corrected chi connectivity index (χ2v) is 7.51. The number of carbonyl (C=O) groups is 2. The van der Waals surface area contributed by atoms with Crippen LogP contribution in [0, 0.1) is 6.92 Å². The Morgan fingerprint density at radius 2 is 2.07 bits per heavy atom. The van der Waals surface area contributed by atoms with Crippen LogP contribution < -0.4 is 20.3 Å². The van der Waals surface area contributed by atoms with E-state index in [0.717, 1.165) is 11.1 Å². The van der Waals surface area contributed by atoms with Gasteiger partial charge in [-0.3, -0.25) is 9.69 Å². The number of nitrogens with zero attached hydrogens (tertiary/aromatic N) is 2. The molecule has 0 fully saturated rings. The van der Waals surface area contributed by atoms with E-state index in [2.05, 4.69) is 15.6 Å². The molecule has 1 aliphatic heterocycles. The number of ether oxygens (including phenoxy) is 2. The summed E-state index contributed by atoms with van der Waals surface area (Å²) in [6.45, 7) is 4.54. The van der Waals surface area contributed by atoms with Gasteiger partial charge in [-0.15, -0.1) is 0 Å². The Hall–Kier alpha value is -3.20. The highest BCUT2D eigenvalue weighted by Gasteiger charge is 2.30. The molecular formula is C21H25FN4O4. The van der Waals surface area contributed by atoms with E-state index in [1.807, 2.05) is 6.92 Å². The lowest BCUT2D eigenvalue weighted by atomic mass is 10.1. The van der Waals surface area contributed by atoms with Crippen molar-refractivity contribution in [2.24, 2.45) is 0 Å². The van der Waals surface area contributed by atoms with E-state index in [9.17, 15) is 14.0 Å². The average molecular weight is 416 g/mol. The third kappa shape index (κ3) is 5.24. The standard InChI is InChI=1S/C21H25FN4O4/c1-13-9-16-19(23-10-13)26(11-18(27)24-16)20(28)25-17(12-29-4)14-5-7-15(8-6-14)30-21(2,3)22/h5-10,17H,11-12H2,1-4H3,(H,24,27)(H,25,28). The van der Waals surface area contributed by atoms with E-state index in [1.54, 1.807) is 36.5 Å². The van der Waals surface area contributed by atoms with Gasteiger partial charge in [0.05, 0.1) is 18.3 Å². The number of amides is 3. The van der Waals surface area contributed by atoms with Gasteiger partial charge in [0, 0.05) is 27.2 Å². The van der Waals surface area contributed by atoms with Gasteiger partial charge >= 0.3 is 6.03 Å². The van der Waals surface area contributed by atoms with Gasteiger partial charge < -0.3 is 20.1 Å². The fourth-order valence-electron chi connectivity index (χ4n) is 3.11. The average Bonchev–Trinajstić information content (AvgIpc) is 2.66. The van der Waals surface area contributed by atoms with E-state index in [1.165, 1.54) is 25.9 Å². The van der Waals surface area contributed by atoms with Gasteiger partial charge in [-0.05, 0) is 36.2 Å². The predicted molar refractivity (Wildman–Crippen MR) is 110 cm³/mol. The first-order chi connectivity index (χ1) is 14.2. The fourth-order valence-corrected chi connectivity index (χ4v) is 3.11. The first-order valence-corrected chi connectivity index (χ1v) is 9.47. The van der Waals surface area contributed by atoms with Crippen LogP contribution in [0.2, 0.25) is 0 Å². The Kier molecular flexibility index (Phi) is 6.21. The molecule has 9 heteroatoms. The zero-order valence-corrected chi connectivity index (χ0v) is 17.4. The first kappa shape index (κ1) is 21.5. The number of fused-ring (bicyclic) bond motifs is 1. The number of hydrogen-bond donors (Lipinski definition) is 2. The van der Waals surface area contributed by atoms with Crippen molar-refractivity contribution in [2.75, 3.05) is 30.5 Å². The molecule has 30 heavy (non-hydrogen) atoms. The van der Waals surface area contributed by atoms with Crippen molar-refractivity contribution in [3.63, 3.8) is 0 Å². The van der Waals surface area contributed by atoms with Gasteiger partial charge in [0.2, 0.25) is 11.8 Å². The van der Waals surface area contributed by atoms with Gasteiger partial charge in [-0.25, -0.2) is 9.78 Å². The van der Waals surface area contributed by atoms with Gasteiger partial charge in [0.25, 0.3) is 0 Å². The Morgan fingerprint density at radius 3 is 2.70 bits per heavy atom. The molecule has 1 atom stereocenters. The van der Waals surface area contributed by atoms with Crippen LogP contribution in [0.15, 0.2) is 36.5 Å². The van der Waals surface area contributed by atoms with Crippen molar-refractivity contribution < 1.29 is 23.5 Å². The van der Waals surface area contributed by atoms with E-state index in [4.69, 9.17) is 9.47 Å². The summed E-state index contributed by atoms with van der Waals surface area (Å²) in [6.07, 6.45) is 1.63. The van der Waals surface area contributed by atoms with Crippen LogP contribution in [0.4, 0.5) is 20.7 Å². The van der Waals surface area contributed by atoms with Crippen molar-refractivity contribution in [3.05, 3.63) is 47.7 Å². The molecule has 0 radical (unpaired) electrons. The van der Waals surface area contributed by atoms with E-state index in [-0.39, 0.29) is 19.1 Å². The minimum absolute atomic E-state index is 0.146. The van der Waals surface area contributed by atoms with Crippen LogP contribution in [-0.2, 0) is 9.53 Å². The molecule has 0 spiro atoms. The first-order valence-electron chi connectivity index (χ1n) is 9.47. The number of methoxy groups -OCH3 is 1. The second-order valence-electron chi connectivity index (χ2n) is 7.51. The lowest BCUT2D eigenvalue weighted by Gasteiger charge is -2.30. The highest BCUT2D eigenvalue weighted by molar-refractivity contribution is 6.08. The molecule has 1 aromatic heterocycles. The zero-order chi connectivity index (χ0) is 21.9. The molecule has 2 N–H and O–H groups in total. The number of aromatic nitrogens is 1. The van der Waals surface area contributed by atoms with Crippen molar-refractivity contribution in [3.8, 4) is 5.75 Å². The summed E-state index contributed by atoms with van der Waals surface area (Å²) in [4.78, 5) is 30.6. The highest BCUT2D eigenvalue weighted by Crippen LogP contribution is 2.28. The van der Waals surface area contributed by atoms with Gasteiger partial charge in [0.15, 0.2) is 5.82 Å².